The van der Waals surface area contributed by atoms with Crippen LogP contribution in [-0.2, 0) is 12.8 Å². The van der Waals surface area contributed by atoms with Gasteiger partial charge in [-0.25, -0.2) is 0 Å². The summed E-state index contributed by atoms with van der Waals surface area (Å²) in [6.07, 6.45) is 13.5. The Hall–Kier alpha value is -6.09. The lowest BCUT2D eigenvalue weighted by molar-refractivity contribution is -0.866. The van der Waals surface area contributed by atoms with Gasteiger partial charge in [0.15, 0.2) is 23.9 Å². The highest BCUT2D eigenvalue weighted by Crippen LogP contribution is 2.56. The normalized spacial score (nSPS) is 19.5. The maximum Gasteiger partial charge on any atom is 0.704 e. The summed E-state index contributed by atoms with van der Waals surface area (Å²) in [6.45, 7) is 6.66. The number of aryl methyl sites for hydroxylation is 4. The van der Waals surface area contributed by atoms with Gasteiger partial charge < -0.3 is 9.47 Å². The molecule has 11 rings (SSSR count). The minimum absolute atomic E-state index is 0.282. The smallest absolute Gasteiger partial charge is 0.340 e. The molecule has 5 heteroatoms. The highest BCUT2D eigenvalue weighted by molar-refractivity contribution is 7.95. The van der Waals surface area contributed by atoms with Crippen molar-refractivity contribution in [3.8, 4) is 33.8 Å². The number of ether oxygens (including phenoxy) is 2. The van der Waals surface area contributed by atoms with Crippen molar-refractivity contribution >= 4 is 35.6 Å². The predicted octanol–water partition coefficient (Wildman–Crippen LogP) is 11.4. The molecule has 1 saturated heterocycles. The molecule has 63 heavy (non-hydrogen) atoms. The fourth-order valence-electron chi connectivity index (χ4n) is 11.3. The van der Waals surface area contributed by atoms with E-state index in [0.717, 1.165) is 72.0 Å². The van der Waals surface area contributed by atoms with Gasteiger partial charge in [-0.1, -0.05) is 126 Å². The molecule has 7 aromatic rings. The van der Waals surface area contributed by atoms with E-state index < -0.39 is 13.3 Å². The van der Waals surface area contributed by atoms with E-state index in [-0.39, 0.29) is 12.1 Å². The molecule has 0 aromatic heterocycles. The molecule has 1 saturated carbocycles. The van der Waals surface area contributed by atoms with Crippen LogP contribution in [0.4, 0.5) is 0 Å². The average Bonchev–Trinajstić information content (AvgIpc) is 3.60. The topological polar surface area (TPSA) is 24.5 Å². The maximum atomic E-state index is 7.38. The maximum absolute atomic E-state index is 7.38. The third-order valence-corrected chi connectivity index (χ3v) is 18.6. The number of hydrogen-bond acceptors (Lipinski definition) is 2. The number of fused-ring (bicyclic) bond motifs is 5. The van der Waals surface area contributed by atoms with Crippen LogP contribution in [0.1, 0.15) is 72.4 Å². The molecule has 1 aliphatic carbocycles. The second-order valence-electron chi connectivity index (χ2n) is 18.0. The van der Waals surface area contributed by atoms with Crippen molar-refractivity contribution in [3.63, 3.8) is 0 Å². The Morgan fingerprint density at radius 3 is 1.38 bits per heavy atom. The van der Waals surface area contributed by atoms with E-state index in [2.05, 4.69) is 206 Å². The highest BCUT2D eigenvalue weighted by atomic mass is 31.2. The first-order chi connectivity index (χ1) is 31.0. The lowest BCUT2D eigenvalue weighted by Crippen LogP contribution is -2.60. The zero-order valence-corrected chi connectivity index (χ0v) is 37.6. The van der Waals surface area contributed by atoms with E-state index in [9.17, 15) is 0 Å². The molecule has 0 bridgehead atoms. The summed E-state index contributed by atoms with van der Waals surface area (Å²) in [4.78, 5) is 0. The SMILES string of the molecule is CCCc1ccccc1-c1cc(C)c2c(c1)C=[N+]1C3CCCCC3[N+]3=Cc4cc(-c5ccccc5CC[P+](c5ccccc5)(c5ccccc5)c5ccccc5)cc(C)c4OC13O2. The van der Waals surface area contributed by atoms with Crippen molar-refractivity contribution in [2.24, 2.45) is 0 Å². The first-order valence-electron chi connectivity index (χ1n) is 23.1. The largest absolute Gasteiger partial charge is 0.704 e. The van der Waals surface area contributed by atoms with Gasteiger partial charge in [0.25, 0.3) is 0 Å². The van der Waals surface area contributed by atoms with Crippen molar-refractivity contribution in [3.05, 3.63) is 197 Å². The lowest BCUT2D eigenvalue weighted by atomic mass is 9.90. The molecule has 3 unspecified atom stereocenters. The minimum atomic E-state index is -2.00. The van der Waals surface area contributed by atoms with Crippen molar-refractivity contribution in [2.45, 2.75) is 83.8 Å². The van der Waals surface area contributed by atoms with Gasteiger partial charge in [0.1, 0.15) is 23.2 Å². The van der Waals surface area contributed by atoms with Crippen LogP contribution in [0.3, 0.4) is 0 Å². The van der Waals surface area contributed by atoms with Crippen molar-refractivity contribution in [1.82, 2.24) is 0 Å². The van der Waals surface area contributed by atoms with Crippen LogP contribution in [0.2, 0.25) is 0 Å². The Balaban J connectivity index is 0.979. The summed E-state index contributed by atoms with van der Waals surface area (Å²) in [5.41, 5.74) is 12.3. The summed E-state index contributed by atoms with van der Waals surface area (Å²) >= 11 is 0. The number of nitrogens with zero attached hydrogens (tertiary/aromatic N) is 2. The first kappa shape index (κ1) is 39.7. The molecule has 0 N–H and O–H groups in total. The Kier molecular flexibility index (Phi) is 10.2. The number of hydrogen-bond donors (Lipinski definition) is 0. The fourth-order valence-corrected chi connectivity index (χ4v) is 15.6. The van der Waals surface area contributed by atoms with Gasteiger partial charge in [-0.15, -0.1) is 0 Å². The van der Waals surface area contributed by atoms with E-state index in [1.807, 2.05) is 0 Å². The summed E-state index contributed by atoms with van der Waals surface area (Å²) in [6, 6.07) is 60.6. The average molecular weight is 844 g/mol. The van der Waals surface area contributed by atoms with Gasteiger partial charge >= 0.3 is 6.03 Å². The zero-order chi connectivity index (χ0) is 42.5. The van der Waals surface area contributed by atoms with Gasteiger partial charge in [0.05, 0.1) is 17.3 Å². The molecule has 2 fully saturated rings. The fraction of sp³-hybridized carbons (Fsp3) is 0.241. The van der Waals surface area contributed by atoms with E-state index in [1.165, 1.54) is 62.1 Å². The van der Waals surface area contributed by atoms with Crippen LogP contribution < -0.4 is 25.4 Å². The van der Waals surface area contributed by atoms with Crippen molar-refractivity contribution in [2.75, 3.05) is 6.16 Å². The molecular formula is C58H56N2O2P+3. The van der Waals surface area contributed by atoms with Gasteiger partial charge in [-0.3, -0.25) is 0 Å². The highest BCUT2D eigenvalue weighted by Gasteiger charge is 2.76. The van der Waals surface area contributed by atoms with Crippen LogP contribution in [0.15, 0.2) is 164 Å². The van der Waals surface area contributed by atoms with Crippen molar-refractivity contribution in [1.29, 1.82) is 0 Å². The van der Waals surface area contributed by atoms with Crippen molar-refractivity contribution < 1.29 is 18.6 Å². The second kappa shape index (κ2) is 16.2. The van der Waals surface area contributed by atoms with Gasteiger partial charge in [-0.2, -0.15) is 0 Å². The lowest BCUT2D eigenvalue weighted by Gasteiger charge is -2.29. The van der Waals surface area contributed by atoms with Crippen LogP contribution in [0.25, 0.3) is 22.3 Å². The molecular weight excluding hydrogens is 788 g/mol. The molecule has 3 heterocycles. The van der Waals surface area contributed by atoms with E-state index in [4.69, 9.17) is 9.47 Å². The second-order valence-corrected chi connectivity index (χ2v) is 21.6. The van der Waals surface area contributed by atoms with Crippen LogP contribution in [0.5, 0.6) is 11.5 Å². The molecule has 0 radical (unpaired) electrons. The minimum Gasteiger partial charge on any atom is -0.340 e. The third kappa shape index (κ3) is 6.68. The number of benzene rings is 7. The molecule has 7 aromatic carbocycles. The summed E-state index contributed by atoms with van der Waals surface area (Å²) in [5, 5.41) is 4.26. The van der Waals surface area contributed by atoms with Crippen LogP contribution in [-0.4, -0.2) is 45.9 Å². The summed E-state index contributed by atoms with van der Waals surface area (Å²) in [5.74, 6) is 1.81. The standard InChI is InChI=1S/C58H56N2O2P/c1-4-20-43-21-14-16-29-52(43)45-35-41(2)56-47(37-45)39-59-54-31-18-19-32-55(54)60-40-48-38-46(36-42(3)57(48)62-58(59,60)61-56)53-30-17-15-22-44(53)33-34-63(49-23-8-5-9-24-49,50-25-10-6-11-26-50)51-27-12-7-13-28-51/h5-17,21-30,35-40,54-55H,4,18-20,31-34H2,1-3H3/q+3. The molecule has 3 atom stereocenters. The van der Waals surface area contributed by atoms with Crippen LogP contribution >= 0.6 is 7.26 Å². The van der Waals surface area contributed by atoms with E-state index >= 15 is 0 Å². The molecule has 1 spiro atoms. The van der Waals surface area contributed by atoms with Gasteiger partial charge in [0.2, 0.25) is 12.1 Å². The molecule has 3 aliphatic heterocycles. The van der Waals surface area contributed by atoms with E-state index in [0.29, 0.717) is 0 Å². The Morgan fingerprint density at radius 2 is 0.937 bits per heavy atom. The molecule has 4 nitrogen and oxygen atoms in total. The third-order valence-electron chi connectivity index (χ3n) is 14.2. The molecule has 4 aliphatic rings. The Labute approximate surface area is 373 Å². The Morgan fingerprint density at radius 1 is 0.524 bits per heavy atom. The summed E-state index contributed by atoms with van der Waals surface area (Å²) in [7, 11) is -2.00. The van der Waals surface area contributed by atoms with Gasteiger partial charge in [-0.05, 0) is 138 Å². The monoisotopic (exact) mass is 843 g/mol. The summed E-state index contributed by atoms with van der Waals surface area (Å²) < 4.78 is 19.6. The molecule has 0 amide bonds. The van der Waals surface area contributed by atoms with E-state index in [1.54, 1.807) is 0 Å². The number of rotatable bonds is 10. The van der Waals surface area contributed by atoms with Crippen LogP contribution in [0, 0.1) is 13.8 Å². The zero-order valence-electron chi connectivity index (χ0n) is 36.7. The first-order valence-corrected chi connectivity index (χ1v) is 25.1. The molecule has 312 valence electrons. The van der Waals surface area contributed by atoms with Gasteiger partial charge in [0, 0.05) is 19.3 Å². The quantitative estimate of drug-likeness (QED) is 0.101. The Bertz CT molecular complexity index is 2810. The predicted molar refractivity (Wildman–Crippen MR) is 262 cm³/mol.